The van der Waals surface area contributed by atoms with Gasteiger partial charge in [0.05, 0.1) is 13.2 Å². The fourth-order valence-corrected chi connectivity index (χ4v) is 2.51. The summed E-state index contributed by atoms with van der Waals surface area (Å²) >= 11 is 5.81. The first kappa shape index (κ1) is 22.7. The summed E-state index contributed by atoms with van der Waals surface area (Å²) in [6.07, 6.45) is 2.66. The first-order valence-corrected chi connectivity index (χ1v) is 8.79. The normalized spacial score (nSPS) is 11.0. The van der Waals surface area contributed by atoms with Crippen LogP contribution in [0.4, 0.5) is 0 Å². The van der Waals surface area contributed by atoms with Crippen LogP contribution < -0.4 is 10.6 Å². The van der Waals surface area contributed by atoms with E-state index in [1.165, 1.54) is 5.56 Å². The van der Waals surface area contributed by atoms with Gasteiger partial charge < -0.3 is 15.4 Å². The van der Waals surface area contributed by atoms with Crippen molar-refractivity contribution in [2.75, 3.05) is 20.2 Å². The van der Waals surface area contributed by atoms with Crippen LogP contribution in [-0.4, -0.2) is 31.1 Å². The zero-order chi connectivity index (χ0) is 17.9. The molecular formula is C19H26ClIN4O. The van der Waals surface area contributed by atoms with Gasteiger partial charge in [-0.15, -0.1) is 24.0 Å². The smallest absolute Gasteiger partial charge is 0.191 e. The van der Waals surface area contributed by atoms with Crippen molar-refractivity contribution in [3.63, 3.8) is 0 Å². The predicted octanol–water partition coefficient (Wildman–Crippen LogP) is 3.80. The van der Waals surface area contributed by atoms with E-state index in [4.69, 9.17) is 16.3 Å². The standard InChI is InChI=1S/C19H25ClN4O.HI/c1-3-21-19(22-11-10-15-8-9-18(20)23-12-15)24-13-16-6-4-5-7-17(16)14-25-2;/h4-9,12H,3,10-11,13-14H2,1-2H3,(H2,21,22,24);1H. The predicted molar refractivity (Wildman–Crippen MR) is 118 cm³/mol. The highest BCUT2D eigenvalue weighted by molar-refractivity contribution is 14.0. The van der Waals surface area contributed by atoms with Crippen LogP contribution in [0.3, 0.4) is 0 Å². The topological polar surface area (TPSA) is 58.5 Å². The zero-order valence-electron chi connectivity index (χ0n) is 15.2. The number of halogens is 2. The van der Waals surface area contributed by atoms with Crippen molar-refractivity contribution >= 4 is 41.5 Å². The van der Waals surface area contributed by atoms with Crippen molar-refractivity contribution in [1.29, 1.82) is 0 Å². The van der Waals surface area contributed by atoms with Gasteiger partial charge in [-0.05, 0) is 36.1 Å². The molecule has 0 aliphatic carbocycles. The van der Waals surface area contributed by atoms with Crippen molar-refractivity contribution in [2.45, 2.75) is 26.5 Å². The molecule has 0 aliphatic rings. The van der Waals surface area contributed by atoms with E-state index >= 15 is 0 Å². The molecule has 0 unspecified atom stereocenters. The minimum absolute atomic E-state index is 0. The number of aromatic nitrogens is 1. The Morgan fingerprint density at radius 2 is 1.92 bits per heavy atom. The lowest BCUT2D eigenvalue weighted by atomic mass is 10.1. The Balaban J connectivity index is 0.00000338. The molecule has 26 heavy (non-hydrogen) atoms. The van der Waals surface area contributed by atoms with Crippen molar-refractivity contribution < 1.29 is 4.74 Å². The number of ether oxygens (including phenoxy) is 1. The molecule has 1 aromatic carbocycles. The van der Waals surface area contributed by atoms with E-state index < -0.39 is 0 Å². The minimum Gasteiger partial charge on any atom is -0.380 e. The molecule has 0 bridgehead atoms. The third kappa shape index (κ3) is 7.88. The second kappa shape index (κ2) is 12.9. The molecule has 0 fully saturated rings. The fourth-order valence-electron chi connectivity index (χ4n) is 2.39. The highest BCUT2D eigenvalue weighted by Crippen LogP contribution is 2.11. The van der Waals surface area contributed by atoms with Gasteiger partial charge in [-0.3, -0.25) is 0 Å². The van der Waals surface area contributed by atoms with Crippen molar-refractivity contribution in [2.24, 2.45) is 4.99 Å². The van der Waals surface area contributed by atoms with Gasteiger partial charge in [0.2, 0.25) is 0 Å². The Morgan fingerprint density at radius 1 is 1.15 bits per heavy atom. The summed E-state index contributed by atoms with van der Waals surface area (Å²) in [5.41, 5.74) is 3.47. The maximum atomic E-state index is 5.81. The number of nitrogens with one attached hydrogen (secondary N) is 2. The Hall–Kier alpha value is -1.38. The molecule has 0 aliphatic heterocycles. The largest absolute Gasteiger partial charge is 0.380 e. The highest BCUT2D eigenvalue weighted by Gasteiger charge is 2.02. The first-order chi connectivity index (χ1) is 12.2. The second-order valence-electron chi connectivity index (χ2n) is 5.56. The van der Waals surface area contributed by atoms with E-state index in [1.807, 2.05) is 24.3 Å². The van der Waals surface area contributed by atoms with Crippen molar-refractivity contribution in [1.82, 2.24) is 15.6 Å². The summed E-state index contributed by atoms with van der Waals surface area (Å²) in [6, 6.07) is 12.0. The van der Waals surface area contributed by atoms with Gasteiger partial charge in [-0.2, -0.15) is 0 Å². The number of pyridine rings is 1. The molecule has 2 aromatic rings. The van der Waals surface area contributed by atoms with Gasteiger partial charge in [-0.25, -0.2) is 9.98 Å². The van der Waals surface area contributed by atoms with Gasteiger partial charge in [0, 0.05) is 26.4 Å². The van der Waals surface area contributed by atoms with Crippen LogP contribution in [0.15, 0.2) is 47.6 Å². The van der Waals surface area contributed by atoms with E-state index in [0.29, 0.717) is 18.3 Å². The lowest BCUT2D eigenvalue weighted by Gasteiger charge is -2.12. The number of nitrogens with zero attached hydrogens (tertiary/aromatic N) is 2. The molecule has 2 rings (SSSR count). The molecular weight excluding hydrogens is 463 g/mol. The summed E-state index contributed by atoms with van der Waals surface area (Å²) in [7, 11) is 1.71. The number of methoxy groups -OCH3 is 1. The van der Waals surface area contributed by atoms with Crippen LogP contribution in [0.2, 0.25) is 5.15 Å². The molecule has 2 N–H and O–H groups in total. The Morgan fingerprint density at radius 3 is 2.58 bits per heavy atom. The maximum Gasteiger partial charge on any atom is 0.191 e. The summed E-state index contributed by atoms with van der Waals surface area (Å²) in [5, 5.41) is 7.14. The Labute approximate surface area is 177 Å². The van der Waals surface area contributed by atoms with Crippen molar-refractivity contribution in [3.8, 4) is 0 Å². The SMILES string of the molecule is CCNC(=NCc1ccccc1COC)NCCc1ccc(Cl)nc1.I. The molecule has 0 saturated carbocycles. The van der Waals surface area contributed by atoms with E-state index in [9.17, 15) is 0 Å². The number of guanidine groups is 1. The molecule has 0 spiro atoms. The van der Waals surface area contributed by atoms with Crippen LogP contribution in [0, 0.1) is 0 Å². The molecule has 0 radical (unpaired) electrons. The molecule has 1 heterocycles. The van der Waals surface area contributed by atoms with E-state index in [0.717, 1.165) is 36.6 Å². The lowest BCUT2D eigenvalue weighted by molar-refractivity contribution is 0.184. The molecule has 142 valence electrons. The maximum absolute atomic E-state index is 5.81. The van der Waals surface area contributed by atoms with Gasteiger partial charge in [-0.1, -0.05) is 41.9 Å². The van der Waals surface area contributed by atoms with Crippen LogP contribution >= 0.6 is 35.6 Å². The van der Waals surface area contributed by atoms with E-state index in [2.05, 4.69) is 39.7 Å². The first-order valence-electron chi connectivity index (χ1n) is 8.41. The molecule has 1 aromatic heterocycles. The van der Waals surface area contributed by atoms with Gasteiger partial charge >= 0.3 is 0 Å². The lowest BCUT2D eigenvalue weighted by Crippen LogP contribution is -2.38. The highest BCUT2D eigenvalue weighted by atomic mass is 127. The van der Waals surface area contributed by atoms with E-state index in [-0.39, 0.29) is 24.0 Å². The summed E-state index contributed by atoms with van der Waals surface area (Å²) in [5.74, 6) is 0.802. The molecule has 5 nitrogen and oxygen atoms in total. The van der Waals surface area contributed by atoms with Gasteiger partial charge in [0.1, 0.15) is 5.15 Å². The number of aliphatic imine (C=N–C) groups is 1. The fraction of sp³-hybridized carbons (Fsp3) is 0.368. The zero-order valence-corrected chi connectivity index (χ0v) is 18.3. The number of hydrogen-bond acceptors (Lipinski definition) is 3. The number of hydrogen-bond donors (Lipinski definition) is 2. The molecule has 0 saturated heterocycles. The van der Waals surface area contributed by atoms with Crippen LogP contribution in [0.1, 0.15) is 23.6 Å². The average molecular weight is 489 g/mol. The summed E-state index contributed by atoms with van der Waals surface area (Å²) < 4.78 is 5.25. The van der Waals surface area contributed by atoms with Gasteiger partial charge in [0.15, 0.2) is 5.96 Å². The quantitative estimate of drug-likeness (QED) is 0.257. The van der Waals surface area contributed by atoms with Gasteiger partial charge in [0.25, 0.3) is 0 Å². The third-order valence-corrected chi connectivity index (χ3v) is 3.89. The van der Waals surface area contributed by atoms with Crippen LogP contribution in [0.5, 0.6) is 0 Å². The van der Waals surface area contributed by atoms with E-state index in [1.54, 1.807) is 13.3 Å². The summed E-state index contributed by atoms with van der Waals surface area (Å²) in [4.78, 5) is 8.77. The minimum atomic E-state index is 0. The van der Waals surface area contributed by atoms with Crippen LogP contribution in [0.25, 0.3) is 0 Å². The summed E-state index contributed by atoms with van der Waals surface area (Å²) in [6.45, 7) is 4.85. The average Bonchev–Trinajstić information content (AvgIpc) is 2.62. The Kier molecular flexibility index (Phi) is 11.2. The van der Waals surface area contributed by atoms with Crippen molar-refractivity contribution in [3.05, 3.63) is 64.4 Å². The Bertz CT molecular complexity index is 679. The molecule has 0 atom stereocenters. The second-order valence-corrected chi connectivity index (χ2v) is 5.95. The molecule has 7 heteroatoms. The third-order valence-electron chi connectivity index (χ3n) is 3.66. The van der Waals surface area contributed by atoms with Crippen LogP contribution in [-0.2, 0) is 24.3 Å². The number of benzene rings is 1. The number of rotatable bonds is 8. The monoisotopic (exact) mass is 488 g/mol. The molecule has 0 amide bonds.